The van der Waals surface area contributed by atoms with Gasteiger partial charge in [0.25, 0.3) is 0 Å². The summed E-state index contributed by atoms with van der Waals surface area (Å²) in [6.07, 6.45) is 2.14. The van der Waals surface area contributed by atoms with E-state index in [-0.39, 0.29) is 5.75 Å². The maximum atomic E-state index is 12.3. The first-order valence-electron chi connectivity index (χ1n) is 6.29. The van der Waals surface area contributed by atoms with Gasteiger partial charge in [-0.25, -0.2) is 8.42 Å². The molecule has 1 heterocycles. The van der Waals surface area contributed by atoms with Crippen molar-refractivity contribution in [3.8, 4) is 0 Å². The fourth-order valence-electron chi connectivity index (χ4n) is 2.05. The lowest BCUT2D eigenvalue weighted by molar-refractivity contribution is 0.577. The highest BCUT2D eigenvalue weighted by Gasteiger charge is 2.21. The zero-order valence-electron chi connectivity index (χ0n) is 10.9. The Labute approximate surface area is 113 Å². The molecule has 19 heavy (non-hydrogen) atoms. The van der Waals surface area contributed by atoms with Gasteiger partial charge in [-0.15, -0.1) is 0 Å². The van der Waals surface area contributed by atoms with Crippen LogP contribution in [0, 0.1) is 0 Å². The maximum Gasteiger partial charge on any atom is 0.157 e. The second-order valence-electron chi connectivity index (χ2n) is 4.68. The van der Waals surface area contributed by atoms with Crippen molar-refractivity contribution in [2.45, 2.75) is 24.3 Å². The Hall–Kier alpha value is -1.46. The van der Waals surface area contributed by atoms with E-state index in [0.717, 1.165) is 16.5 Å². The molecule has 2 aromatic rings. The summed E-state index contributed by atoms with van der Waals surface area (Å²) in [4.78, 5) is 4.24. The smallest absolute Gasteiger partial charge is 0.157 e. The van der Waals surface area contributed by atoms with Crippen molar-refractivity contribution in [1.29, 1.82) is 0 Å². The van der Waals surface area contributed by atoms with E-state index in [1.807, 2.05) is 24.3 Å². The number of nitrogens with zero attached hydrogens (tertiary/aromatic N) is 1. The number of benzene rings is 1. The van der Waals surface area contributed by atoms with Gasteiger partial charge in [0.1, 0.15) is 0 Å². The van der Waals surface area contributed by atoms with Crippen LogP contribution < -0.4 is 5.73 Å². The highest BCUT2D eigenvalue weighted by atomic mass is 32.2. The number of pyridine rings is 1. The zero-order chi connectivity index (χ0) is 13.9. The molecular weight excluding hydrogens is 260 g/mol. The highest BCUT2D eigenvalue weighted by Crippen LogP contribution is 2.20. The molecule has 4 nitrogen and oxygen atoms in total. The number of para-hydroxylation sites is 1. The van der Waals surface area contributed by atoms with Crippen molar-refractivity contribution in [1.82, 2.24) is 4.98 Å². The Kier molecular flexibility index (Phi) is 4.17. The van der Waals surface area contributed by atoms with Crippen molar-refractivity contribution in [2.75, 3.05) is 6.54 Å². The van der Waals surface area contributed by atoms with E-state index in [2.05, 4.69) is 4.98 Å². The van der Waals surface area contributed by atoms with Crippen LogP contribution in [-0.4, -0.2) is 25.2 Å². The average Bonchev–Trinajstić information content (AvgIpc) is 2.39. The number of hydrogen-bond donors (Lipinski definition) is 1. The van der Waals surface area contributed by atoms with E-state index >= 15 is 0 Å². The van der Waals surface area contributed by atoms with E-state index in [0.29, 0.717) is 13.0 Å². The molecule has 0 spiro atoms. The molecular formula is C14H18N2O2S. The molecule has 0 amide bonds. The lowest BCUT2D eigenvalue weighted by atomic mass is 10.1. The van der Waals surface area contributed by atoms with E-state index in [9.17, 15) is 8.42 Å². The van der Waals surface area contributed by atoms with Gasteiger partial charge >= 0.3 is 0 Å². The van der Waals surface area contributed by atoms with E-state index in [4.69, 9.17) is 5.73 Å². The van der Waals surface area contributed by atoms with Crippen LogP contribution >= 0.6 is 0 Å². The molecule has 0 radical (unpaired) electrons. The molecule has 1 atom stereocenters. The number of fused-ring (bicyclic) bond motifs is 1. The van der Waals surface area contributed by atoms with Gasteiger partial charge in [0, 0.05) is 11.6 Å². The van der Waals surface area contributed by atoms with Crippen LogP contribution in [0.5, 0.6) is 0 Å². The van der Waals surface area contributed by atoms with Gasteiger partial charge in [0.05, 0.1) is 16.5 Å². The van der Waals surface area contributed by atoms with Crippen molar-refractivity contribution >= 4 is 20.7 Å². The third-order valence-corrected chi connectivity index (χ3v) is 5.46. The third-order valence-electron chi connectivity index (χ3n) is 3.28. The minimum atomic E-state index is -3.17. The molecule has 0 saturated heterocycles. The second kappa shape index (κ2) is 5.67. The Bertz CT molecular complexity index is 663. The molecule has 2 rings (SSSR count). The van der Waals surface area contributed by atoms with Gasteiger partial charge in [0.2, 0.25) is 0 Å². The minimum Gasteiger partial charge on any atom is -0.330 e. The first-order chi connectivity index (χ1) is 9.04. The molecule has 1 aromatic carbocycles. The molecule has 0 bridgehead atoms. The summed E-state index contributed by atoms with van der Waals surface area (Å²) >= 11 is 0. The van der Waals surface area contributed by atoms with Crippen LogP contribution in [0.1, 0.15) is 18.9 Å². The van der Waals surface area contributed by atoms with Crippen LogP contribution in [0.2, 0.25) is 0 Å². The molecule has 0 fully saturated rings. The van der Waals surface area contributed by atoms with Gasteiger partial charge < -0.3 is 5.73 Å². The summed E-state index contributed by atoms with van der Waals surface area (Å²) in [6.45, 7) is 2.10. The number of aromatic nitrogens is 1. The summed E-state index contributed by atoms with van der Waals surface area (Å²) in [5, 5.41) is 0.484. The van der Waals surface area contributed by atoms with Crippen molar-refractivity contribution in [3.05, 3.63) is 42.1 Å². The van der Waals surface area contributed by atoms with Gasteiger partial charge in [-0.3, -0.25) is 4.98 Å². The first-order valence-corrected chi connectivity index (χ1v) is 8.00. The molecule has 5 heteroatoms. The lowest BCUT2D eigenvalue weighted by Gasteiger charge is -2.13. The molecule has 102 valence electrons. The van der Waals surface area contributed by atoms with Gasteiger partial charge in [-0.2, -0.15) is 0 Å². The van der Waals surface area contributed by atoms with Crippen molar-refractivity contribution < 1.29 is 8.42 Å². The standard InChI is InChI=1S/C14H18N2O2S/c1-11(6-8-15)19(17,18)10-12-7-9-16-14-5-3-2-4-13(12)14/h2-5,7,9,11H,6,8,10,15H2,1H3. The van der Waals surface area contributed by atoms with Crippen molar-refractivity contribution in [3.63, 3.8) is 0 Å². The SMILES string of the molecule is CC(CCN)S(=O)(=O)Cc1ccnc2ccccc12. The number of hydrogen-bond acceptors (Lipinski definition) is 4. The Balaban J connectivity index is 2.36. The van der Waals surface area contributed by atoms with E-state index in [1.54, 1.807) is 19.2 Å². The number of rotatable bonds is 5. The van der Waals surface area contributed by atoms with Crippen LogP contribution in [-0.2, 0) is 15.6 Å². The molecule has 0 aliphatic heterocycles. The van der Waals surface area contributed by atoms with Gasteiger partial charge in [-0.1, -0.05) is 18.2 Å². The molecule has 1 unspecified atom stereocenters. The average molecular weight is 278 g/mol. The van der Waals surface area contributed by atoms with Gasteiger partial charge in [-0.05, 0) is 37.6 Å². The van der Waals surface area contributed by atoms with Crippen LogP contribution in [0.4, 0.5) is 0 Å². The van der Waals surface area contributed by atoms with Crippen LogP contribution in [0.3, 0.4) is 0 Å². The molecule has 0 aliphatic carbocycles. The van der Waals surface area contributed by atoms with Crippen LogP contribution in [0.25, 0.3) is 10.9 Å². The topological polar surface area (TPSA) is 73.1 Å². The summed E-state index contributed by atoms with van der Waals surface area (Å²) < 4.78 is 24.5. The monoisotopic (exact) mass is 278 g/mol. The Morgan fingerprint density at radius 3 is 2.74 bits per heavy atom. The van der Waals surface area contributed by atoms with E-state index < -0.39 is 15.1 Å². The normalized spacial score (nSPS) is 13.6. The van der Waals surface area contributed by atoms with Gasteiger partial charge in [0.15, 0.2) is 9.84 Å². The highest BCUT2D eigenvalue weighted by molar-refractivity contribution is 7.91. The minimum absolute atomic E-state index is 0.0389. The summed E-state index contributed by atoms with van der Waals surface area (Å²) in [6, 6.07) is 9.35. The van der Waals surface area contributed by atoms with Crippen molar-refractivity contribution in [2.24, 2.45) is 5.73 Å². The third kappa shape index (κ3) is 3.11. The van der Waals surface area contributed by atoms with E-state index in [1.165, 1.54) is 0 Å². The quantitative estimate of drug-likeness (QED) is 0.906. The molecule has 0 saturated carbocycles. The largest absolute Gasteiger partial charge is 0.330 e. The second-order valence-corrected chi connectivity index (χ2v) is 7.10. The zero-order valence-corrected chi connectivity index (χ0v) is 11.7. The summed E-state index contributed by atoms with van der Waals surface area (Å²) in [5.41, 5.74) is 7.06. The first kappa shape index (κ1) is 14.0. The Morgan fingerprint density at radius 1 is 1.26 bits per heavy atom. The molecule has 1 aromatic heterocycles. The number of sulfone groups is 1. The summed E-state index contributed by atoms with van der Waals surface area (Å²) in [7, 11) is -3.17. The number of nitrogens with two attached hydrogens (primary N) is 1. The fraction of sp³-hybridized carbons (Fsp3) is 0.357. The Morgan fingerprint density at radius 2 is 2.00 bits per heavy atom. The fourth-order valence-corrected chi connectivity index (χ4v) is 3.52. The van der Waals surface area contributed by atoms with Crippen LogP contribution in [0.15, 0.2) is 36.5 Å². The summed E-state index contributed by atoms with van der Waals surface area (Å²) in [5.74, 6) is 0.0389. The maximum absolute atomic E-state index is 12.3. The lowest BCUT2D eigenvalue weighted by Crippen LogP contribution is -2.22. The predicted molar refractivity (Wildman–Crippen MR) is 77.5 cm³/mol. The molecule has 0 aliphatic rings. The predicted octanol–water partition coefficient (Wildman–Crippen LogP) is 1.89. The molecule has 2 N–H and O–H groups in total.